The fourth-order valence-electron chi connectivity index (χ4n) is 2.89. The van der Waals surface area contributed by atoms with Crippen molar-refractivity contribution < 1.29 is 13.9 Å². The Morgan fingerprint density at radius 3 is 2.68 bits per heavy atom. The molecule has 3 rings (SSSR count). The molecule has 2 aromatic rings. The van der Waals surface area contributed by atoms with Crippen LogP contribution in [0.1, 0.15) is 22.5 Å². The topological polar surface area (TPSA) is 58.6 Å². The zero-order chi connectivity index (χ0) is 17.8. The number of aromatic nitrogens is 2. The van der Waals surface area contributed by atoms with E-state index in [0.717, 1.165) is 24.5 Å². The van der Waals surface area contributed by atoms with Crippen molar-refractivity contribution in [3.8, 4) is 5.75 Å². The number of carbonyl (C=O) groups is 1. The van der Waals surface area contributed by atoms with Gasteiger partial charge in [-0.25, -0.2) is 4.39 Å². The molecule has 25 heavy (non-hydrogen) atoms. The first kappa shape index (κ1) is 17.1. The number of aryl methyl sites for hydroxylation is 1. The molecule has 6 nitrogen and oxygen atoms in total. The van der Waals surface area contributed by atoms with Gasteiger partial charge in [0.05, 0.1) is 12.8 Å². The second-order valence-electron chi connectivity index (χ2n) is 6.02. The van der Waals surface area contributed by atoms with Gasteiger partial charge in [0.25, 0.3) is 5.91 Å². The van der Waals surface area contributed by atoms with E-state index in [2.05, 4.69) is 15.1 Å². The molecule has 0 unspecified atom stereocenters. The van der Waals surface area contributed by atoms with Crippen molar-refractivity contribution in [2.45, 2.75) is 13.3 Å². The third kappa shape index (κ3) is 3.87. The van der Waals surface area contributed by atoms with Crippen LogP contribution in [-0.4, -0.2) is 54.3 Å². The van der Waals surface area contributed by atoms with E-state index in [1.165, 1.54) is 25.3 Å². The van der Waals surface area contributed by atoms with E-state index < -0.39 is 5.82 Å². The molecule has 7 heteroatoms. The Kier molecular flexibility index (Phi) is 5.11. The van der Waals surface area contributed by atoms with Gasteiger partial charge >= 0.3 is 0 Å². The third-order valence-corrected chi connectivity index (χ3v) is 4.29. The maximum Gasteiger partial charge on any atom is 0.254 e. The second kappa shape index (κ2) is 7.46. The number of rotatable bonds is 3. The molecule has 0 aliphatic carbocycles. The molecule has 0 radical (unpaired) electrons. The summed E-state index contributed by atoms with van der Waals surface area (Å²) in [5.74, 6) is 0.315. The summed E-state index contributed by atoms with van der Waals surface area (Å²) < 4.78 is 18.5. The fraction of sp³-hybridized carbons (Fsp3) is 0.389. The summed E-state index contributed by atoms with van der Waals surface area (Å²) in [5, 5.41) is 8.31. The maximum absolute atomic E-state index is 13.5. The van der Waals surface area contributed by atoms with Crippen molar-refractivity contribution in [1.29, 1.82) is 0 Å². The molecule has 0 N–H and O–H groups in total. The van der Waals surface area contributed by atoms with Crippen molar-refractivity contribution in [1.82, 2.24) is 15.1 Å². The van der Waals surface area contributed by atoms with Gasteiger partial charge in [-0.15, -0.1) is 5.10 Å². The summed E-state index contributed by atoms with van der Waals surface area (Å²) in [6, 6.07) is 8.09. The number of halogens is 1. The third-order valence-electron chi connectivity index (χ3n) is 4.29. The first-order valence-electron chi connectivity index (χ1n) is 8.26. The fourth-order valence-corrected chi connectivity index (χ4v) is 2.89. The Balaban J connectivity index is 1.70. The standard InChI is InChI=1S/C18H21FN4O2/c1-13-4-7-17(21-20-13)22-8-3-9-23(11-10-22)18(24)14-5-6-15(19)16(12-14)25-2/h4-7,12H,3,8-11H2,1-2H3. The van der Waals surface area contributed by atoms with Gasteiger partial charge in [0, 0.05) is 31.7 Å². The number of carbonyl (C=O) groups excluding carboxylic acids is 1. The number of amides is 1. The summed E-state index contributed by atoms with van der Waals surface area (Å²) >= 11 is 0. The summed E-state index contributed by atoms with van der Waals surface area (Å²) in [7, 11) is 1.39. The zero-order valence-electron chi connectivity index (χ0n) is 14.4. The lowest BCUT2D eigenvalue weighted by atomic mass is 10.1. The van der Waals surface area contributed by atoms with Gasteiger partial charge in [-0.05, 0) is 43.7 Å². The van der Waals surface area contributed by atoms with E-state index in [1.807, 2.05) is 19.1 Å². The van der Waals surface area contributed by atoms with E-state index in [4.69, 9.17) is 4.74 Å². The van der Waals surface area contributed by atoms with Gasteiger partial charge < -0.3 is 14.5 Å². The van der Waals surface area contributed by atoms with Crippen LogP contribution in [0.2, 0.25) is 0 Å². The van der Waals surface area contributed by atoms with Crippen molar-refractivity contribution in [2.24, 2.45) is 0 Å². The van der Waals surface area contributed by atoms with E-state index in [9.17, 15) is 9.18 Å². The van der Waals surface area contributed by atoms with Crippen LogP contribution < -0.4 is 9.64 Å². The Morgan fingerprint density at radius 1 is 1.12 bits per heavy atom. The molecule has 1 aliphatic rings. The van der Waals surface area contributed by atoms with E-state index in [0.29, 0.717) is 25.2 Å². The average molecular weight is 344 g/mol. The molecular weight excluding hydrogens is 323 g/mol. The Hall–Kier alpha value is -2.70. The second-order valence-corrected chi connectivity index (χ2v) is 6.02. The Bertz CT molecular complexity index is 751. The van der Waals surface area contributed by atoms with Crippen molar-refractivity contribution >= 4 is 11.7 Å². The molecule has 1 aromatic heterocycles. The van der Waals surface area contributed by atoms with Crippen LogP contribution >= 0.6 is 0 Å². The highest BCUT2D eigenvalue weighted by atomic mass is 19.1. The van der Waals surface area contributed by atoms with Gasteiger partial charge in [0.2, 0.25) is 0 Å². The largest absolute Gasteiger partial charge is 0.494 e. The van der Waals surface area contributed by atoms with Crippen LogP contribution in [0.15, 0.2) is 30.3 Å². The lowest BCUT2D eigenvalue weighted by Crippen LogP contribution is -2.35. The number of benzene rings is 1. The van der Waals surface area contributed by atoms with Crippen molar-refractivity contribution in [3.05, 3.63) is 47.4 Å². The minimum Gasteiger partial charge on any atom is -0.494 e. The first-order chi connectivity index (χ1) is 12.1. The number of nitrogens with zero attached hydrogens (tertiary/aromatic N) is 4. The van der Waals surface area contributed by atoms with Gasteiger partial charge in [0.15, 0.2) is 17.4 Å². The first-order valence-corrected chi connectivity index (χ1v) is 8.26. The molecule has 0 saturated carbocycles. The summed E-state index contributed by atoms with van der Waals surface area (Å²) in [6.07, 6.45) is 0.833. The lowest BCUT2D eigenvalue weighted by molar-refractivity contribution is 0.0766. The van der Waals surface area contributed by atoms with Crippen LogP contribution in [0.25, 0.3) is 0 Å². The summed E-state index contributed by atoms with van der Waals surface area (Å²) in [6.45, 7) is 4.62. The van der Waals surface area contributed by atoms with Gasteiger partial charge in [0.1, 0.15) is 0 Å². The molecule has 132 valence electrons. The van der Waals surface area contributed by atoms with Gasteiger partial charge in [-0.2, -0.15) is 5.10 Å². The molecule has 1 aromatic carbocycles. The molecule has 1 fully saturated rings. The lowest BCUT2D eigenvalue weighted by Gasteiger charge is -2.22. The maximum atomic E-state index is 13.5. The van der Waals surface area contributed by atoms with Crippen LogP contribution in [0.5, 0.6) is 5.75 Å². The van der Waals surface area contributed by atoms with Crippen LogP contribution in [0.4, 0.5) is 10.2 Å². The number of hydrogen-bond acceptors (Lipinski definition) is 5. The van der Waals surface area contributed by atoms with Crippen LogP contribution in [-0.2, 0) is 0 Å². The Labute approximate surface area is 146 Å². The highest BCUT2D eigenvalue weighted by molar-refractivity contribution is 5.94. The number of methoxy groups -OCH3 is 1. The van der Waals surface area contributed by atoms with E-state index in [-0.39, 0.29) is 11.7 Å². The predicted octanol–water partition coefficient (Wildman–Crippen LogP) is 2.29. The molecule has 1 aliphatic heterocycles. The quantitative estimate of drug-likeness (QED) is 0.855. The Morgan fingerprint density at radius 2 is 1.96 bits per heavy atom. The zero-order valence-corrected chi connectivity index (χ0v) is 14.4. The van der Waals surface area contributed by atoms with Crippen LogP contribution in [0.3, 0.4) is 0 Å². The van der Waals surface area contributed by atoms with E-state index >= 15 is 0 Å². The molecule has 1 amide bonds. The number of anilines is 1. The smallest absolute Gasteiger partial charge is 0.254 e. The predicted molar refractivity (Wildman–Crippen MR) is 92.5 cm³/mol. The molecule has 0 spiro atoms. The van der Waals surface area contributed by atoms with E-state index in [1.54, 1.807) is 4.90 Å². The highest BCUT2D eigenvalue weighted by Crippen LogP contribution is 2.20. The normalized spacial score (nSPS) is 15.0. The van der Waals surface area contributed by atoms with Crippen molar-refractivity contribution in [3.63, 3.8) is 0 Å². The summed E-state index contributed by atoms with van der Waals surface area (Å²) in [5.41, 5.74) is 1.31. The van der Waals surface area contributed by atoms with Gasteiger partial charge in [-0.3, -0.25) is 4.79 Å². The molecular formula is C18H21FN4O2. The van der Waals surface area contributed by atoms with Crippen molar-refractivity contribution in [2.75, 3.05) is 38.2 Å². The average Bonchev–Trinajstić information content (AvgIpc) is 2.88. The highest BCUT2D eigenvalue weighted by Gasteiger charge is 2.22. The monoisotopic (exact) mass is 344 g/mol. The molecule has 0 bridgehead atoms. The molecule has 1 saturated heterocycles. The minimum atomic E-state index is -0.473. The molecule has 2 heterocycles. The number of ether oxygens (including phenoxy) is 1. The minimum absolute atomic E-state index is 0.0808. The number of hydrogen-bond donors (Lipinski definition) is 0. The SMILES string of the molecule is COc1cc(C(=O)N2CCCN(c3ccc(C)nn3)CC2)ccc1F. The van der Waals surface area contributed by atoms with Gasteiger partial charge in [-0.1, -0.05) is 0 Å². The molecule has 0 atom stereocenters. The van der Waals surface area contributed by atoms with Crippen LogP contribution in [0, 0.1) is 12.7 Å². The summed E-state index contributed by atoms with van der Waals surface area (Å²) in [4.78, 5) is 16.6.